The predicted octanol–water partition coefficient (Wildman–Crippen LogP) is -0.0141. The second-order valence-electron chi connectivity index (χ2n) is 4.00. The van der Waals surface area contributed by atoms with Crippen LogP contribution < -0.4 is 5.73 Å². The van der Waals surface area contributed by atoms with E-state index in [0.29, 0.717) is 12.5 Å². The fourth-order valence-electron chi connectivity index (χ4n) is 1.68. The van der Waals surface area contributed by atoms with E-state index in [1.807, 2.05) is 4.90 Å². The first-order valence-corrected chi connectivity index (χ1v) is 4.85. The minimum Gasteiger partial charge on any atom is -0.389 e. The van der Waals surface area contributed by atoms with Crippen molar-refractivity contribution in [1.82, 2.24) is 4.90 Å². The van der Waals surface area contributed by atoms with Crippen molar-refractivity contribution < 1.29 is 9.50 Å². The molecule has 0 bridgehead atoms. The molecule has 0 saturated carbocycles. The lowest BCUT2D eigenvalue weighted by molar-refractivity contribution is 0.0678. The molecule has 1 rings (SSSR count). The van der Waals surface area contributed by atoms with Crippen molar-refractivity contribution in [3.63, 3.8) is 0 Å². The molecule has 0 spiro atoms. The predicted molar refractivity (Wildman–Crippen MR) is 50.2 cm³/mol. The molecule has 3 nitrogen and oxygen atoms in total. The Kier molecular flexibility index (Phi) is 4.09. The van der Waals surface area contributed by atoms with E-state index < -0.39 is 12.8 Å². The number of aliphatic hydroxyl groups excluding tert-OH is 1. The molecular weight excluding hydrogens is 171 g/mol. The third-order valence-corrected chi connectivity index (χ3v) is 2.75. The van der Waals surface area contributed by atoms with Gasteiger partial charge in [-0.05, 0) is 18.9 Å². The Labute approximate surface area is 78.7 Å². The number of hydrogen-bond donors (Lipinski definition) is 2. The van der Waals surface area contributed by atoms with Crippen molar-refractivity contribution in [1.29, 1.82) is 0 Å². The number of rotatable bonds is 3. The monoisotopic (exact) mass is 190 g/mol. The number of nitrogens with two attached hydrogens (primary N) is 1. The molecule has 4 heteroatoms. The minimum atomic E-state index is -0.847. The minimum absolute atomic E-state index is 0.167. The highest BCUT2D eigenvalue weighted by molar-refractivity contribution is 4.81. The van der Waals surface area contributed by atoms with Gasteiger partial charge in [-0.15, -0.1) is 0 Å². The highest BCUT2D eigenvalue weighted by Gasteiger charge is 2.24. The average Bonchev–Trinajstić information content (AvgIpc) is 2.11. The van der Waals surface area contributed by atoms with Crippen LogP contribution in [0.1, 0.15) is 13.3 Å². The summed E-state index contributed by atoms with van der Waals surface area (Å²) in [5, 5.41) is 9.10. The summed E-state index contributed by atoms with van der Waals surface area (Å²) >= 11 is 0. The van der Waals surface area contributed by atoms with E-state index in [1.165, 1.54) is 0 Å². The van der Waals surface area contributed by atoms with Crippen molar-refractivity contribution in [2.45, 2.75) is 25.5 Å². The van der Waals surface area contributed by atoms with Crippen LogP contribution in [0.2, 0.25) is 0 Å². The SMILES string of the molecule is C[C@H]1CCN(CC(O)CF)C[C@H]1N. The lowest BCUT2D eigenvalue weighted by atomic mass is 9.94. The molecule has 3 N–H and O–H groups in total. The van der Waals surface area contributed by atoms with Crippen LogP contribution in [0.5, 0.6) is 0 Å². The smallest absolute Gasteiger partial charge is 0.117 e. The number of halogens is 1. The Morgan fingerprint density at radius 1 is 1.69 bits per heavy atom. The van der Waals surface area contributed by atoms with E-state index in [1.54, 1.807) is 0 Å². The van der Waals surface area contributed by atoms with Gasteiger partial charge in [0.25, 0.3) is 0 Å². The molecule has 3 atom stereocenters. The van der Waals surface area contributed by atoms with Gasteiger partial charge in [-0.1, -0.05) is 6.92 Å². The zero-order valence-electron chi connectivity index (χ0n) is 8.12. The van der Waals surface area contributed by atoms with Crippen LogP contribution in [0.3, 0.4) is 0 Å². The van der Waals surface area contributed by atoms with E-state index in [0.717, 1.165) is 19.5 Å². The van der Waals surface area contributed by atoms with Gasteiger partial charge >= 0.3 is 0 Å². The third-order valence-electron chi connectivity index (χ3n) is 2.75. The topological polar surface area (TPSA) is 49.5 Å². The van der Waals surface area contributed by atoms with Crippen LogP contribution >= 0.6 is 0 Å². The van der Waals surface area contributed by atoms with Gasteiger partial charge in [0.1, 0.15) is 6.67 Å². The standard InChI is InChI=1S/C9H19FN2O/c1-7-2-3-12(6-9(7)11)5-8(13)4-10/h7-9,13H,2-6,11H2,1H3/t7-,8?,9+/m0/s1. The zero-order valence-corrected chi connectivity index (χ0v) is 8.12. The number of piperidine rings is 1. The molecule has 1 aliphatic rings. The van der Waals surface area contributed by atoms with Crippen molar-refractivity contribution in [2.24, 2.45) is 11.7 Å². The van der Waals surface area contributed by atoms with E-state index in [-0.39, 0.29) is 6.04 Å². The van der Waals surface area contributed by atoms with E-state index in [2.05, 4.69) is 6.92 Å². The summed E-state index contributed by atoms with van der Waals surface area (Å²) in [4.78, 5) is 2.04. The molecule has 0 aromatic heterocycles. The van der Waals surface area contributed by atoms with Gasteiger partial charge < -0.3 is 10.8 Å². The van der Waals surface area contributed by atoms with Gasteiger partial charge in [-0.2, -0.15) is 0 Å². The third kappa shape index (κ3) is 3.21. The molecular formula is C9H19FN2O. The van der Waals surface area contributed by atoms with Crippen LogP contribution in [0.25, 0.3) is 0 Å². The van der Waals surface area contributed by atoms with E-state index in [9.17, 15) is 4.39 Å². The summed E-state index contributed by atoms with van der Waals surface area (Å²) in [6.45, 7) is 3.58. The Bertz CT molecular complexity index is 155. The van der Waals surface area contributed by atoms with Crippen molar-refractivity contribution >= 4 is 0 Å². The summed E-state index contributed by atoms with van der Waals surface area (Å²) < 4.78 is 12.0. The summed E-state index contributed by atoms with van der Waals surface area (Å²) in [5.74, 6) is 0.541. The highest BCUT2D eigenvalue weighted by atomic mass is 19.1. The first-order valence-electron chi connectivity index (χ1n) is 4.85. The molecule has 1 aliphatic heterocycles. The lowest BCUT2D eigenvalue weighted by Crippen LogP contribution is -2.49. The van der Waals surface area contributed by atoms with Crippen LogP contribution in [0, 0.1) is 5.92 Å². The Balaban J connectivity index is 2.29. The maximum atomic E-state index is 12.0. The van der Waals surface area contributed by atoms with Crippen LogP contribution in [-0.4, -0.2) is 48.5 Å². The molecule has 1 unspecified atom stereocenters. The number of β-amino-alcohol motifs (C(OH)–C–C–N with tert-alkyl or cyclic N) is 1. The maximum absolute atomic E-state index is 12.0. The van der Waals surface area contributed by atoms with Gasteiger partial charge in [-0.25, -0.2) is 4.39 Å². The maximum Gasteiger partial charge on any atom is 0.117 e. The van der Waals surface area contributed by atoms with Gasteiger partial charge in [0.05, 0.1) is 6.10 Å². The van der Waals surface area contributed by atoms with E-state index >= 15 is 0 Å². The fourth-order valence-corrected chi connectivity index (χ4v) is 1.68. The average molecular weight is 190 g/mol. The van der Waals surface area contributed by atoms with Gasteiger partial charge in [0.2, 0.25) is 0 Å². The number of nitrogens with zero attached hydrogens (tertiary/aromatic N) is 1. The number of alkyl halides is 1. The van der Waals surface area contributed by atoms with Crippen LogP contribution in [0.15, 0.2) is 0 Å². The largest absolute Gasteiger partial charge is 0.389 e. The zero-order chi connectivity index (χ0) is 9.84. The first kappa shape index (κ1) is 10.9. The molecule has 0 aromatic carbocycles. The summed E-state index contributed by atoms with van der Waals surface area (Å²) in [5.41, 5.74) is 5.87. The molecule has 0 aromatic rings. The molecule has 1 saturated heterocycles. The van der Waals surface area contributed by atoms with Crippen molar-refractivity contribution in [3.05, 3.63) is 0 Å². The van der Waals surface area contributed by atoms with Gasteiger partial charge in [0, 0.05) is 19.1 Å². The summed E-state index contributed by atoms with van der Waals surface area (Å²) in [7, 11) is 0. The van der Waals surface area contributed by atoms with Gasteiger partial charge in [-0.3, -0.25) is 4.90 Å². The highest BCUT2D eigenvalue weighted by Crippen LogP contribution is 2.15. The summed E-state index contributed by atoms with van der Waals surface area (Å²) in [6.07, 6.45) is 0.195. The number of likely N-dealkylation sites (tertiary alicyclic amines) is 1. The lowest BCUT2D eigenvalue weighted by Gasteiger charge is -2.35. The molecule has 0 radical (unpaired) electrons. The summed E-state index contributed by atoms with van der Waals surface area (Å²) in [6, 6.07) is 0.167. The normalized spacial score (nSPS) is 33.2. The van der Waals surface area contributed by atoms with E-state index in [4.69, 9.17) is 10.8 Å². The molecule has 1 fully saturated rings. The molecule has 1 heterocycles. The first-order chi connectivity index (χ1) is 6.13. The second-order valence-corrected chi connectivity index (χ2v) is 4.00. The Morgan fingerprint density at radius 3 is 2.92 bits per heavy atom. The molecule has 0 amide bonds. The van der Waals surface area contributed by atoms with Crippen molar-refractivity contribution in [2.75, 3.05) is 26.3 Å². The number of hydrogen-bond acceptors (Lipinski definition) is 3. The Hall–Kier alpha value is -0.190. The quantitative estimate of drug-likeness (QED) is 0.658. The molecule has 0 aliphatic carbocycles. The molecule has 13 heavy (non-hydrogen) atoms. The van der Waals surface area contributed by atoms with Crippen LogP contribution in [0.4, 0.5) is 4.39 Å². The number of aliphatic hydroxyl groups is 1. The second kappa shape index (κ2) is 4.88. The Morgan fingerprint density at radius 2 is 2.38 bits per heavy atom. The fraction of sp³-hybridized carbons (Fsp3) is 1.00. The molecule has 78 valence electrons. The van der Waals surface area contributed by atoms with Crippen LogP contribution in [-0.2, 0) is 0 Å². The van der Waals surface area contributed by atoms with Crippen molar-refractivity contribution in [3.8, 4) is 0 Å². The van der Waals surface area contributed by atoms with Gasteiger partial charge in [0.15, 0.2) is 0 Å².